The molecule has 6 heteroatoms. The zero-order chi connectivity index (χ0) is 14.0. The molecule has 2 aromatic heterocycles. The molecule has 104 valence electrons. The Morgan fingerprint density at radius 1 is 1.37 bits per heavy atom. The van der Waals surface area contributed by atoms with Gasteiger partial charge in [0.25, 0.3) is 5.89 Å². The van der Waals surface area contributed by atoms with Gasteiger partial charge in [0.15, 0.2) is 5.76 Å². The van der Waals surface area contributed by atoms with Gasteiger partial charge in [-0.2, -0.15) is 4.98 Å². The average molecular weight is 265 g/mol. The fourth-order valence-electron chi connectivity index (χ4n) is 1.89. The minimum atomic E-state index is -0.242. The Morgan fingerprint density at radius 3 is 2.63 bits per heavy atom. The third-order valence-electron chi connectivity index (χ3n) is 2.77. The summed E-state index contributed by atoms with van der Waals surface area (Å²) in [7, 11) is 1.63. The molecule has 0 saturated carbocycles. The number of furan rings is 1. The summed E-state index contributed by atoms with van der Waals surface area (Å²) in [5, 5.41) is 3.96. The van der Waals surface area contributed by atoms with Gasteiger partial charge in [-0.1, -0.05) is 25.9 Å². The van der Waals surface area contributed by atoms with Crippen LogP contribution in [0.2, 0.25) is 0 Å². The van der Waals surface area contributed by atoms with Gasteiger partial charge in [-0.25, -0.2) is 0 Å². The highest BCUT2D eigenvalue weighted by Gasteiger charge is 2.31. The minimum absolute atomic E-state index is 0.124. The molecule has 6 nitrogen and oxygen atoms in total. The van der Waals surface area contributed by atoms with Crippen LogP contribution in [0.4, 0.5) is 0 Å². The largest absolute Gasteiger partial charge is 0.455 e. The van der Waals surface area contributed by atoms with Crippen molar-refractivity contribution in [2.75, 3.05) is 7.11 Å². The van der Waals surface area contributed by atoms with Crippen molar-refractivity contribution in [3.8, 4) is 11.7 Å². The summed E-state index contributed by atoms with van der Waals surface area (Å²) >= 11 is 0. The van der Waals surface area contributed by atoms with Crippen molar-refractivity contribution in [3.63, 3.8) is 0 Å². The Hall–Kier alpha value is -1.66. The maximum absolute atomic E-state index is 5.49. The minimum Gasteiger partial charge on any atom is -0.455 e. The first-order valence-electron chi connectivity index (χ1n) is 6.11. The molecule has 2 N–H and O–H groups in total. The zero-order valence-corrected chi connectivity index (χ0v) is 11.6. The highest BCUT2D eigenvalue weighted by atomic mass is 16.5. The average Bonchev–Trinajstić information content (AvgIpc) is 2.95. The van der Waals surface area contributed by atoms with Gasteiger partial charge in [0.1, 0.15) is 11.9 Å². The van der Waals surface area contributed by atoms with Crippen molar-refractivity contribution in [2.24, 2.45) is 11.1 Å². The van der Waals surface area contributed by atoms with Gasteiger partial charge >= 0.3 is 0 Å². The summed E-state index contributed by atoms with van der Waals surface area (Å²) in [5.41, 5.74) is 5.37. The summed E-state index contributed by atoms with van der Waals surface area (Å²) in [6, 6.07) is 3.55. The molecule has 2 rings (SSSR count). The van der Waals surface area contributed by atoms with Gasteiger partial charge in [0, 0.05) is 7.11 Å². The molecule has 0 aliphatic rings. The van der Waals surface area contributed by atoms with Crippen LogP contribution in [0.5, 0.6) is 0 Å². The molecule has 1 atom stereocenters. The van der Waals surface area contributed by atoms with E-state index < -0.39 is 0 Å². The monoisotopic (exact) mass is 265 g/mol. The van der Waals surface area contributed by atoms with Crippen LogP contribution in [0, 0.1) is 5.41 Å². The summed E-state index contributed by atoms with van der Waals surface area (Å²) < 4.78 is 16.1. The van der Waals surface area contributed by atoms with Crippen LogP contribution < -0.4 is 5.73 Å². The summed E-state index contributed by atoms with van der Waals surface area (Å²) in [5.74, 6) is 2.04. The van der Waals surface area contributed by atoms with E-state index in [1.165, 1.54) is 0 Å². The molecule has 19 heavy (non-hydrogen) atoms. The van der Waals surface area contributed by atoms with E-state index in [2.05, 4.69) is 30.9 Å². The Kier molecular flexibility index (Phi) is 3.73. The molecular weight excluding hydrogens is 246 g/mol. The quantitative estimate of drug-likeness (QED) is 0.913. The number of hydrogen-bond acceptors (Lipinski definition) is 6. The lowest BCUT2D eigenvalue weighted by atomic mass is 9.88. The lowest BCUT2D eigenvalue weighted by molar-refractivity contribution is 0.00718. The summed E-state index contributed by atoms with van der Waals surface area (Å²) in [6.07, 6.45) is -0.242. The first-order chi connectivity index (χ1) is 8.95. The number of hydrogen-bond donors (Lipinski definition) is 1. The van der Waals surface area contributed by atoms with Gasteiger partial charge in [-0.15, -0.1) is 0 Å². The standard InChI is InChI=1S/C13H19N3O3/c1-13(2,3)10(17-4)11-15-12(19-16-11)9-6-5-8(7-14)18-9/h5-6,10H,7,14H2,1-4H3. The van der Waals surface area contributed by atoms with Crippen LogP contribution in [0.3, 0.4) is 0 Å². The molecule has 0 amide bonds. The van der Waals surface area contributed by atoms with Gasteiger partial charge in [0.2, 0.25) is 5.82 Å². The van der Waals surface area contributed by atoms with Crippen molar-refractivity contribution in [1.29, 1.82) is 0 Å². The SMILES string of the molecule is COC(c1noc(-c2ccc(CN)o2)n1)C(C)(C)C. The normalized spacial score (nSPS) is 13.7. The third kappa shape index (κ3) is 2.85. The zero-order valence-electron chi connectivity index (χ0n) is 11.6. The molecule has 2 heterocycles. The highest BCUT2D eigenvalue weighted by Crippen LogP contribution is 2.34. The van der Waals surface area contributed by atoms with Crippen molar-refractivity contribution in [3.05, 3.63) is 23.7 Å². The van der Waals surface area contributed by atoms with E-state index in [0.717, 1.165) is 0 Å². The molecule has 2 aromatic rings. The third-order valence-corrected chi connectivity index (χ3v) is 2.77. The van der Waals surface area contributed by atoms with Gasteiger partial charge in [0.05, 0.1) is 6.54 Å². The molecule has 0 radical (unpaired) electrons. The van der Waals surface area contributed by atoms with Crippen LogP contribution in [-0.2, 0) is 11.3 Å². The number of aromatic nitrogens is 2. The Morgan fingerprint density at radius 2 is 2.11 bits per heavy atom. The van der Waals surface area contributed by atoms with E-state index in [4.69, 9.17) is 19.4 Å². The van der Waals surface area contributed by atoms with Crippen LogP contribution in [0.25, 0.3) is 11.7 Å². The molecule has 0 aliphatic carbocycles. The molecular formula is C13H19N3O3. The van der Waals surface area contributed by atoms with Crippen molar-refractivity contribution in [1.82, 2.24) is 10.1 Å². The maximum Gasteiger partial charge on any atom is 0.293 e. The van der Waals surface area contributed by atoms with Crippen molar-refractivity contribution >= 4 is 0 Å². The van der Waals surface area contributed by atoms with Crippen LogP contribution >= 0.6 is 0 Å². The lowest BCUT2D eigenvalue weighted by Crippen LogP contribution is -2.21. The van der Waals surface area contributed by atoms with Gasteiger partial charge in [-0.05, 0) is 17.5 Å². The number of methoxy groups -OCH3 is 1. The van der Waals surface area contributed by atoms with Crippen LogP contribution in [-0.4, -0.2) is 17.3 Å². The summed E-state index contributed by atoms with van der Waals surface area (Å²) in [6.45, 7) is 6.49. The van der Waals surface area contributed by atoms with E-state index >= 15 is 0 Å². The molecule has 1 unspecified atom stereocenters. The molecule has 0 aliphatic heterocycles. The molecule has 0 aromatic carbocycles. The van der Waals surface area contributed by atoms with Gasteiger partial charge < -0.3 is 19.4 Å². The first kappa shape index (κ1) is 13.8. The predicted octanol–water partition coefficient (Wildman–Crippen LogP) is 2.52. The molecule has 0 fully saturated rings. The topological polar surface area (TPSA) is 87.3 Å². The maximum atomic E-state index is 5.49. The van der Waals surface area contributed by atoms with Crippen molar-refractivity contribution < 1.29 is 13.7 Å². The fourth-order valence-corrected chi connectivity index (χ4v) is 1.89. The Bertz CT molecular complexity index is 539. The molecule has 0 bridgehead atoms. The Labute approximate surface area is 111 Å². The lowest BCUT2D eigenvalue weighted by Gasteiger charge is -2.26. The van der Waals surface area contributed by atoms with E-state index in [0.29, 0.717) is 29.8 Å². The second kappa shape index (κ2) is 5.14. The Balaban J connectivity index is 2.27. The van der Waals surface area contributed by atoms with Gasteiger partial charge in [-0.3, -0.25) is 0 Å². The van der Waals surface area contributed by atoms with Crippen LogP contribution in [0.15, 0.2) is 21.1 Å². The van der Waals surface area contributed by atoms with E-state index in [1.54, 1.807) is 19.2 Å². The second-order valence-corrected chi connectivity index (χ2v) is 5.41. The predicted molar refractivity (Wildman–Crippen MR) is 69.1 cm³/mol. The van der Waals surface area contributed by atoms with Crippen LogP contribution in [0.1, 0.15) is 38.5 Å². The second-order valence-electron chi connectivity index (χ2n) is 5.41. The first-order valence-corrected chi connectivity index (χ1v) is 6.11. The number of nitrogens with zero attached hydrogens (tertiary/aromatic N) is 2. The number of nitrogens with two attached hydrogens (primary N) is 1. The van der Waals surface area contributed by atoms with Crippen molar-refractivity contribution in [2.45, 2.75) is 33.4 Å². The highest BCUT2D eigenvalue weighted by molar-refractivity contribution is 5.44. The number of ether oxygens (including phenoxy) is 1. The molecule has 0 saturated heterocycles. The summed E-state index contributed by atoms with van der Waals surface area (Å²) in [4.78, 5) is 4.33. The smallest absolute Gasteiger partial charge is 0.293 e. The van der Waals surface area contributed by atoms with E-state index in [-0.39, 0.29) is 11.5 Å². The molecule has 0 spiro atoms. The number of rotatable bonds is 4. The fraction of sp³-hybridized carbons (Fsp3) is 0.538. The van der Waals surface area contributed by atoms with E-state index in [9.17, 15) is 0 Å². The van der Waals surface area contributed by atoms with E-state index in [1.807, 2.05) is 0 Å².